The van der Waals surface area contributed by atoms with E-state index in [1.807, 2.05) is 0 Å². The molecule has 3 N–H and O–H groups in total. The summed E-state index contributed by atoms with van der Waals surface area (Å²) in [6.45, 7) is 0. The molecule has 1 amide bonds. The first kappa shape index (κ1) is 12.6. The SMILES string of the molecule is NC(=O)c1ncccc1Nc1cc(Cl)cc(Cl)n1. The van der Waals surface area contributed by atoms with Gasteiger partial charge in [0.15, 0.2) is 5.69 Å². The number of carbonyl (C=O) groups is 1. The predicted octanol–water partition coefficient (Wildman–Crippen LogP) is 2.63. The van der Waals surface area contributed by atoms with E-state index in [-0.39, 0.29) is 10.8 Å². The Hall–Kier alpha value is -1.85. The number of aromatic nitrogens is 2. The fourth-order valence-electron chi connectivity index (χ4n) is 1.37. The molecule has 92 valence electrons. The van der Waals surface area contributed by atoms with Crippen LogP contribution >= 0.6 is 23.2 Å². The first-order valence-corrected chi connectivity index (χ1v) is 5.67. The molecule has 5 nitrogen and oxygen atoms in total. The van der Waals surface area contributed by atoms with Crippen molar-refractivity contribution in [3.05, 3.63) is 46.3 Å². The van der Waals surface area contributed by atoms with Crippen LogP contribution < -0.4 is 11.1 Å². The average molecular weight is 283 g/mol. The van der Waals surface area contributed by atoms with Gasteiger partial charge in [0.1, 0.15) is 11.0 Å². The van der Waals surface area contributed by atoms with E-state index < -0.39 is 5.91 Å². The highest BCUT2D eigenvalue weighted by molar-refractivity contribution is 6.34. The summed E-state index contributed by atoms with van der Waals surface area (Å²) in [5.41, 5.74) is 5.78. The number of hydrogen-bond acceptors (Lipinski definition) is 4. The number of hydrogen-bond donors (Lipinski definition) is 2. The maximum absolute atomic E-state index is 11.2. The molecule has 0 spiro atoms. The Balaban J connectivity index is 2.37. The number of amides is 1. The van der Waals surface area contributed by atoms with E-state index in [9.17, 15) is 4.79 Å². The van der Waals surface area contributed by atoms with Crippen molar-refractivity contribution < 1.29 is 4.79 Å². The molecule has 7 heteroatoms. The first-order valence-electron chi connectivity index (χ1n) is 4.91. The second kappa shape index (κ2) is 5.20. The molecule has 18 heavy (non-hydrogen) atoms. The van der Waals surface area contributed by atoms with Gasteiger partial charge in [-0.15, -0.1) is 0 Å². The monoisotopic (exact) mass is 282 g/mol. The van der Waals surface area contributed by atoms with Crippen LogP contribution in [0.1, 0.15) is 10.5 Å². The summed E-state index contributed by atoms with van der Waals surface area (Å²) in [7, 11) is 0. The van der Waals surface area contributed by atoms with E-state index in [0.29, 0.717) is 16.5 Å². The molecule has 0 aliphatic rings. The zero-order chi connectivity index (χ0) is 13.1. The molecular formula is C11H8Cl2N4O. The van der Waals surface area contributed by atoms with Gasteiger partial charge < -0.3 is 11.1 Å². The fraction of sp³-hybridized carbons (Fsp3) is 0. The van der Waals surface area contributed by atoms with Gasteiger partial charge in [0.2, 0.25) is 0 Å². The van der Waals surface area contributed by atoms with Gasteiger partial charge in [-0.3, -0.25) is 4.79 Å². The van der Waals surface area contributed by atoms with E-state index in [4.69, 9.17) is 28.9 Å². The molecule has 0 saturated heterocycles. The Morgan fingerprint density at radius 3 is 2.78 bits per heavy atom. The normalized spacial score (nSPS) is 10.1. The second-order valence-electron chi connectivity index (χ2n) is 3.38. The van der Waals surface area contributed by atoms with Crippen molar-refractivity contribution in [1.29, 1.82) is 0 Å². The summed E-state index contributed by atoms with van der Waals surface area (Å²) in [5.74, 6) is -0.228. The molecule has 0 radical (unpaired) electrons. The lowest BCUT2D eigenvalue weighted by molar-refractivity contribution is 0.0996. The topological polar surface area (TPSA) is 80.9 Å². The van der Waals surface area contributed by atoms with Crippen molar-refractivity contribution in [3.63, 3.8) is 0 Å². The Morgan fingerprint density at radius 1 is 1.33 bits per heavy atom. The van der Waals surface area contributed by atoms with Gasteiger partial charge >= 0.3 is 0 Å². The summed E-state index contributed by atoms with van der Waals surface area (Å²) < 4.78 is 0. The summed E-state index contributed by atoms with van der Waals surface area (Å²) in [4.78, 5) is 19.1. The molecule has 2 rings (SSSR count). The van der Waals surface area contributed by atoms with E-state index in [1.54, 1.807) is 18.2 Å². The molecule has 0 saturated carbocycles. The van der Waals surface area contributed by atoms with Crippen molar-refractivity contribution in [1.82, 2.24) is 9.97 Å². The summed E-state index contributed by atoms with van der Waals surface area (Å²) in [6.07, 6.45) is 1.48. The maximum Gasteiger partial charge on any atom is 0.269 e. The minimum Gasteiger partial charge on any atom is -0.364 e. The third-order valence-corrected chi connectivity index (χ3v) is 2.47. The van der Waals surface area contributed by atoms with Crippen LogP contribution in [0.15, 0.2) is 30.5 Å². The molecule has 0 atom stereocenters. The first-order chi connectivity index (χ1) is 8.56. The molecule has 2 aromatic rings. The molecule has 0 aliphatic carbocycles. The number of rotatable bonds is 3. The van der Waals surface area contributed by atoms with Crippen molar-refractivity contribution in [2.75, 3.05) is 5.32 Å². The number of carbonyl (C=O) groups excluding carboxylic acids is 1. The van der Waals surface area contributed by atoms with Gasteiger partial charge in [-0.2, -0.15) is 0 Å². The van der Waals surface area contributed by atoms with Crippen LogP contribution in [0.4, 0.5) is 11.5 Å². The molecule has 0 unspecified atom stereocenters. The summed E-state index contributed by atoms with van der Waals surface area (Å²) >= 11 is 11.6. The molecule has 0 bridgehead atoms. The van der Waals surface area contributed by atoms with Gasteiger partial charge in [0.25, 0.3) is 5.91 Å². The number of nitrogens with one attached hydrogen (secondary N) is 1. The quantitative estimate of drug-likeness (QED) is 0.848. The number of nitrogens with zero attached hydrogens (tertiary/aromatic N) is 2. The molecule has 2 heterocycles. The van der Waals surface area contributed by atoms with Crippen LogP contribution in [0.2, 0.25) is 10.2 Å². The Kier molecular flexibility index (Phi) is 3.64. The van der Waals surface area contributed by atoms with Crippen LogP contribution in [0.25, 0.3) is 0 Å². The summed E-state index contributed by atoms with van der Waals surface area (Å²) in [6, 6.07) is 6.41. The zero-order valence-electron chi connectivity index (χ0n) is 9.02. The van der Waals surface area contributed by atoms with E-state index in [1.165, 1.54) is 12.3 Å². The minimum atomic E-state index is -0.633. The second-order valence-corrected chi connectivity index (χ2v) is 4.21. The lowest BCUT2D eigenvalue weighted by Crippen LogP contribution is -2.15. The fourth-order valence-corrected chi connectivity index (χ4v) is 1.84. The molecule has 0 aromatic carbocycles. The van der Waals surface area contributed by atoms with Crippen LogP contribution in [0.5, 0.6) is 0 Å². The van der Waals surface area contributed by atoms with Crippen LogP contribution in [-0.2, 0) is 0 Å². The smallest absolute Gasteiger partial charge is 0.269 e. The van der Waals surface area contributed by atoms with Crippen molar-refractivity contribution in [2.24, 2.45) is 5.73 Å². The number of primary amides is 1. The van der Waals surface area contributed by atoms with Gasteiger partial charge in [-0.05, 0) is 24.3 Å². The Morgan fingerprint density at radius 2 is 2.11 bits per heavy atom. The summed E-state index contributed by atoms with van der Waals surface area (Å²) in [5, 5.41) is 3.57. The highest BCUT2D eigenvalue weighted by Crippen LogP contribution is 2.22. The Bertz CT molecular complexity index is 583. The highest BCUT2D eigenvalue weighted by Gasteiger charge is 2.10. The van der Waals surface area contributed by atoms with Crippen LogP contribution in [-0.4, -0.2) is 15.9 Å². The lowest BCUT2D eigenvalue weighted by Gasteiger charge is -2.08. The number of halogens is 2. The van der Waals surface area contributed by atoms with E-state index in [2.05, 4.69) is 15.3 Å². The zero-order valence-corrected chi connectivity index (χ0v) is 10.5. The van der Waals surface area contributed by atoms with Crippen molar-refractivity contribution >= 4 is 40.6 Å². The van der Waals surface area contributed by atoms with Crippen molar-refractivity contribution in [3.8, 4) is 0 Å². The largest absolute Gasteiger partial charge is 0.364 e. The average Bonchev–Trinajstić information content (AvgIpc) is 2.27. The Labute approximate surface area is 113 Å². The number of nitrogens with two attached hydrogens (primary N) is 1. The highest BCUT2D eigenvalue weighted by atomic mass is 35.5. The van der Waals surface area contributed by atoms with E-state index in [0.717, 1.165) is 0 Å². The minimum absolute atomic E-state index is 0.121. The molecule has 0 aliphatic heterocycles. The predicted molar refractivity (Wildman–Crippen MR) is 70.3 cm³/mol. The van der Waals surface area contributed by atoms with Gasteiger partial charge in [-0.1, -0.05) is 23.2 Å². The van der Waals surface area contributed by atoms with Crippen molar-refractivity contribution in [2.45, 2.75) is 0 Å². The number of anilines is 2. The van der Waals surface area contributed by atoms with Gasteiger partial charge in [0, 0.05) is 11.2 Å². The molecular weight excluding hydrogens is 275 g/mol. The maximum atomic E-state index is 11.2. The van der Waals surface area contributed by atoms with Gasteiger partial charge in [0.05, 0.1) is 5.69 Å². The lowest BCUT2D eigenvalue weighted by atomic mass is 10.3. The van der Waals surface area contributed by atoms with Crippen LogP contribution in [0, 0.1) is 0 Å². The number of pyridine rings is 2. The third kappa shape index (κ3) is 2.88. The van der Waals surface area contributed by atoms with Crippen LogP contribution in [0.3, 0.4) is 0 Å². The molecule has 0 fully saturated rings. The standard InChI is InChI=1S/C11H8Cl2N4O/c12-6-4-8(13)17-9(5-6)16-7-2-1-3-15-10(7)11(14)18/h1-5H,(H2,14,18)(H,16,17). The van der Waals surface area contributed by atoms with Gasteiger partial charge in [-0.25, -0.2) is 9.97 Å². The molecule has 2 aromatic heterocycles. The van der Waals surface area contributed by atoms with E-state index >= 15 is 0 Å². The third-order valence-electron chi connectivity index (χ3n) is 2.06.